The van der Waals surface area contributed by atoms with E-state index in [4.69, 9.17) is 5.41 Å². The van der Waals surface area contributed by atoms with Crippen molar-refractivity contribution >= 4 is 38.4 Å². The van der Waals surface area contributed by atoms with E-state index in [0.717, 1.165) is 4.34 Å². The summed E-state index contributed by atoms with van der Waals surface area (Å²) in [5.74, 6) is -0.587. The highest BCUT2D eigenvalue weighted by Gasteiger charge is 1.98. The van der Waals surface area contributed by atoms with Crippen LogP contribution in [0, 0.1) is 5.41 Å². The van der Waals surface area contributed by atoms with Crippen LogP contribution >= 0.6 is 32.4 Å². The summed E-state index contributed by atoms with van der Waals surface area (Å²) in [5, 5.41) is 17.1. The van der Waals surface area contributed by atoms with Crippen LogP contribution in [0.2, 0.25) is 0 Å². The molecule has 1 N–H and O–H groups in total. The number of rotatable bonds is 4. The van der Waals surface area contributed by atoms with Crippen molar-refractivity contribution in [1.29, 1.82) is 5.41 Å². The normalized spacial score (nSPS) is 10.0. The lowest BCUT2D eigenvalue weighted by atomic mass is 10.5. The van der Waals surface area contributed by atoms with Crippen LogP contribution in [0.1, 0.15) is 6.42 Å². The number of thioether (sulfide) groups is 1. The van der Waals surface area contributed by atoms with Gasteiger partial charge in [0.1, 0.15) is 0 Å². The van der Waals surface area contributed by atoms with E-state index in [1.54, 1.807) is 0 Å². The Balaban J connectivity index is 2.33. The first-order valence-corrected chi connectivity index (χ1v) is 6.16. The quantitative estimate of drug-likeness (QED) is 0.569. The number of carboxylic acids is 1. The molecule has 1 aromatic rings. The molecule has 4 nitrogen and oxygen atoms in total. The zero-order valence-electron chi connectivity index (χ0n) is 5.90. The van der Waals surface area contributed by atoms with Gasteiger partial charge in [-0.2, -0.15) is 0 Å². The topological polar surface area (TPSA) is 76.9 Å². The highest BCUT2D eigenvalue weighted by molar-refractivity contribution is 8.02. The lowest BCUT2D eigenvalue weighted by Gasteiger charge is -1.97. The van der Waals surface area contributed by atoms with Crippen molar-refractivity contribution in [3.05, 3.63) is 4.80 Å². The summed E-state index contributed by atoms with van der Waals surface area (Å²) in [5.41, 5.74) is 0. The summed E-state index contributed by atoms with van der Waals surface area (Å²) in [6.07, 6.45) is 0.0300. The van der Waals surface area contributed by atoms with Crippen LogP contribution in [-0.4, -0.2) is 16.7 Å². The Kier molecular flexibility index (Phi) is 3.70. The number of hydrogen-bond acceptors (Lipinski definition) is 7. The molecule has 0 bridgehead atoms. The van der Waals surface area contributed by atoms with Gasteiger partial charge in [0.15, 0.2) is 4.34 Å². The van der Waals surface area contributed by atoms with Crippen molar-refractivity contribution in [2.24, 2.45) is 0 Å². The van der Waals surface area contributed by atoms with Crippen molar-refractivity contribution in [3.63, 3.8) is 0 Å². The van der Waals surface area contributed by atoms with E-state index in [9.17, 15) is 9.90 Å². The van der Waals surface area contributed by atoms with Gasteiger partial charge in [0.05, 0.1) is 0 Å². The lowest BCUT2D eigenvalue weighted by molar-refractivity contribution is -0.305. The van der Waals surface area contributed by atoms with Gasteiger partial charge in [-0.05, 0) is 27.1 Å². The number of carbonyl (C=O) groups is 1. The zero-order valence-corrected chi connectivity index (χ0v) is 8.35. The molecular weight excluding hydrogens is 216 g/mol. The van der Waals surface area contributed by atoms with Crippen molar-refractivity contribution in [1.82, 2.24) is 4.98 Å². The predicted molar refractivity (Wildman–Crippen MR) is 46.2 cm³/mol. The Bertz CT molecular complexity index is 318. The molecule has 0 saturated heterocycles. The van der Waals surface area contributed by atoms with Gasteiger partial charge in [0.25, 0.3) is 0 Å². The molecule has 0 aliphatic rings. The van der Waals surface area contributed by atoms with Crippen molar-refractivity contribution in [2.75, 3.05) is 5.75 Å². The SMILES string of the molecule is N=c1nc(SCCC(=O)[O-])ss1. The average Bonchev–Trinajstić information content (AvgIpc) is 2.35. The molecule has 66 valence electrons. The summed E-state index contributed by atoms with van der Waals surface area (Å²) < 4.78 is 0.756. The molecule has 1 heterocycles. The number of nitrogens with one attached hydrogen (secondary N) is 1. The van der Waals surface area contributed by atoms with Crippen molar-refractivity contribution in [3.8, 4) is 0 Å². The molecule has 1 aromatic heterocycles. The van der Waals surface area contributed by atoms with Gasteiger partial charge in [-0.1, -0.05) is 11.8 Å². The Morgan fingerprint density at radius 3 is 2.92 bits per heavy atom. The molecule has 0 amide bonds. The molecule has 1 rings (SSSR count). The zero-order chi connectivity index (χ0) is 8.97. The summed E-state index contributed by atoms with van der Waals surface area (Å²) in [7, 11) is 2.67. The fourth-order valence-electron chi connectivity index (χ4n) is 0.473. The van der Waals surface area contributed by atoms with Gasteiger partial charge in [-0.15, -0.1) is 0 Å². The molecule has 7 heteroatoms. The second kappa shape index (κ2) is 4.58. The molecule has 12 heavy (non-hydrogen) atoms. The number of carbonyl (C=O) groups excluding carboxylic acids is 1. The third-order valence-corrected chi connectivity index (χ3v) is 4.35. The summed E-state index contributed by atoms with van der Waals surface area (Å²) >= 11 is 1.35. The van der Waals surface area contributed by atoms with Gasteiger partial charge >= 0.3 is 0 Å². The minimum absolute atomic E-state index is 0.0300. The molecule has 0 radical (unpaired) electrons. The Morgan fingerprint density at radius 1 is 1.67 bits per heavy atom. The number of carboxylic acid groups (broad SMARTS) is 1. The highest BCUT2D eigenvalue weighted by Crippen LogP contribution is 2.21. The van der Waals surface area contributed by atoms with E-state index in [2.05, 4.69) is 4.98 Å². The van der Waals surface area contributed by atoms with E-state index >= 15 is 0 Å². The Hall–Kier alpha value is -0.400. The van der Waals surface area contributed by atoms with E-state index in [-0.39, 0.29) is 11.2 Å². The third kappa shape index (κ3) is 3.33. The monoisotopic (exact) mass is 221 g/mol. The first-order chi connectivity index (χ1) is 5.68. The second-order valence-corrected chi connectivity index (χ2v) is 5.27. The van der Waals surface area contributed by atoms with E-state index < -0.39 is 5.97 Å². The average molecular weight is 221 g/mol. The summed E-state index contributed by atoms with van der Waals surface area (Å²) in [6, 6.07) is 0. The van der Waals surface area contributed by atoms with Gasteiger partial charge in [-0.25, -0.2) is 4.98 Å². The molecule has 0 saturated carbocycles. The third-order valence-electron chi connectivity index (χ3n) is 0.916. The van der Waals surface area contributed by atoms with Crippen LogP contribution in [0.5, 0.6) is 0 Å². The molecular formula is C5H5N2O2S3-. The van der Waals surface area contributed by atoms with Gasteiger partial charge in [0, 0.05) is 11.7 Å². The van der Waals surface area contributed by atoms with Crippen LogP contribution in [0.15, 0.2) is 4.34 Å². The summed E-state index contributed by atoms with van der Waals surface area (Å²) in [6.45, 7) is 0. The number of nitrogens with zero attached hydrogens (tertiary/aromatic N) is 1. The number of aromatic nitrogens is 1. The molecule has 0 fully saturated rings. The maximum atomic E-state index is 10.0. The predicted octanol–water partition coefficient (Wildman–Crippen LogP) is -0.0838. The minimum atomic E-state index is -1.05. The minimum Gasteiger partial charge on any atom is -0.550 e. The van der Waals surface area contributed by atoms with Crippen LogP contribution in [0.25, 0.3) is 0 Å². The van der Waals surface area contributed by atoms with Crippen LogP contribution in [0.3, 0.4) is 0 Å². The van der Waals surface area contributed by atoms with Crippen LogP contribution < -0.4 is 9.91 Å². The molecule has 0 aromatic carbocycles. The Labute approximate surface area is 80.2 Å². The number of aliphatic carboxylic acids is 1. The van der Waals surface area contributed by atoms with E-state index in [0.29, 0.717) is 5.75 Å². The van der Waals surface area contributed by atoms with Crippen LogP contribution in [0.4, 0.5) is 0 Å². The molecule has 0 aliphatic heterocycles. The van der Waals surface area contributed by atoms with Crippen molar-refractivity contribution in [2.45, 2.75) is 10.8 Å². The van der Waals surface area contributed by atoms with Gasteiger partial charge in [-0.3, -0.25) is 5.41 Å². The fraction of sp³-hybridized carbons (Fsp3) is 0.400. The van der Waals surface area contributed by atoms with Gasteiger partial charge in [0.2, 0.25) is 4.80 Å². The Morgan fingerprint density at radius 2 is 2.42 bits per heavy atom. The maximum absolute atomic E-state index is 10.0. The number of hydrogen-bond donors (Lipinski definition) is 1. The lowest BCUT2D eigenvalue weighted by Crippen LogP contribution is -2.22. The second-order valence-electron chi connectivity index (χ2n) is 1.82. The van der Waals surface area contributed by atoms with Gasteiger partial charge < -0.3 is 9.90 Å². The molecule has 0 aliphatic carbocycles. The first-order valence-electron chi connectivity index (χ1n) is 3.03. The van der Waals surface area contributed by atoms with E-state index in [1.807, 2.05) is 0 Å². The van der Waals surface area contributed by atoms with Crippen molar-refractivity contribution < 1.29 is 9.90 Å². The fourth-order valence-corrected chi connectivity index (χ4v) is 3.45. The standard InChI is InChI=1S/C5H6N2O2S3/c6-4-7-5(12-11-4)10-2-1-3(8)9/h6H,1-2H2,(H,8,9)/p-1. The van der Waals surface area contributed by atoms with E-state index in [1.165, 1.54) is 32.4 Å². The molecule has 0 unspecified atom stereocenters. The molecule has 0 atom stereocenters. The maximum Gasteiger partial charge on any atom is 0.213 e. The summed E-state index contributed by atoms with van der Waals surface area (Å²) in [4.78, 5) is 14.2. The molecule has 0 spiro atoms. The highest BCUT2D eigenvalue weighted by atomic mass is 32.9. The first kappa shape index (κ1) is 9.69. The van der Waals surface area contributed by atoms with Crippen LogP contribution in [-0.2, 0) is 4.79 Å². The smallest absolute Gasteiger partial charge is 0.213 e. The largest absolute Gasteiger partial charge is 0.550 e.